The summed E-state index contributed by atoms with van der Waals surface area (Å²) in [6.45, 7) is 3.99. The number of nitrogens with one attached hydrogen (secondary N) is 1. The largest absolute Gasteiger partial charge is 0.397 e. The molecular weight excluding hydrogens is 226 g/mol. The van der Waals surface area contributed by atoms with Gasteiger partial charge in [0, 0.05) is 5.56 Å². The maximum absolute atomic E-state index is 12.0. The molecule has 0 aliphatic heterocycles. The minimum Gasteiger partial charge on any atom is -0.397 e. The Morgan fingerprint density at radius 1 is 1.17 bits per heavy atom. The van der Waals surface area contributed by atoms with Gasteiger partial charge in [-0.2, -0.15) is 0 Å². The van der Waals surface area contributed by atoms with Crippen molar-refractivity contribution in [1.29, 1.82) is 0 Å². The summed E-state index contributed by atoms with van der Waals surface area (Å²) in [4.78, 5) is 16.0. The predicted octanol–water partition coefficient (Wildman–Crippen LogP) is 2.53. The van der Waals surface area contributed by atoms with Crippen LogP contribution in [0.2, 0.25) is 0 Å². The highest BCUT2D eigenvalue weighted by molar-refractivity contribution is 6.03. The molecule has 0 unspecified atom stereocenters. The fraction of sp³-hybridized carbons (Fsp3) is 0.143. The molecule has 4 heteroatoms. The van der Waals surface area contributed by atoms with Crippen LogP contribution >= 0.6 is 0 Å². The summed E-state index contributed by atoms with van der Waals surface area (Å²) in [5.41, 5.74) is 8.98. The highest BCUT2D eigenvalue weighted by Gasteiger charge is 2.07. The highest BCUT2D eigenvalue weighted by Crippen LogP contribution is 2.12. The van der Waals surface area contributed by atoms with E-state index in [1.807, 2.05) is 26.0 Å². The van der Waals surface area contributed by atoms with Gasteiger partial charge in [-0.1, -0.05) is 6.07 Å². The Bertz CT molecular complexity index is 576. The summed E-state index contributed by atoms with van der Waals surface area (Å²) in [5, 5.41) is 2.73. The van der Waals surface area contributed by atoms with Crippen molar-refractivity contribution in [3.05, 3.63) is 53.2 Å². The van der Waals surface area contributed by atoms with E-state index in [0.717, 1.165) is 11.1 Å². The Morgan fingerprint density at radius 3 is 2.56 bits per heavy atom. The molecule has 2 aromatic rings. The Balaban J connectivity index is 2.16. The van der Waals surface area contributed by atoms with Crippen LogP contribution in [0.1, 0.15) is 21.5 Å². The normalized spacial score (nSPS) is 10.1. The number of carbonyl (C=O) groups is 1. The summed E-state index contributed by atoms with van der Waals surface area (Å²) in [6, 6.07) is 8.97. The molecule has 0 atom stereocenters. The van der Waals surface area contributed by atoms with Crippen LogP contribution in [0.3, 0.4) is 0 Å². The van der Waals surface area contributed by atoms with Gasteiger partial charge in [-0.05, 0) is 49.2 Å². The van der Waals surface area contributed by atoms with Gasteiger partial charge >= 0.3 is 0 Å². The molecule has 1 heterocycles. The van der Waals surface area contributed by atoms with Gasteiger partial charge in [-0.15, -0.1) is 0 Å². The lowest BCUT2D eigenvalue weighted by atomic mass is 10.1. The number of nitrogens with two attached hydrogens (primary N) is 1. The fourth-order valence-electron chi connectivity index (χ4n) is 1.55. The van der Waals surface area contributed by atoms with Crippen molar-refractivity contribution >= 4 is 17.4 Å². The standard InChI is InChI=1S/C14H15N3O/c1-9-3-4-11(7-10(9)2)14(18)17-13-6-5-12(15)8-16-13/h3-8H,15H2,1-2H3,(H,16,17,18). The van der Waals surface area contributed by atoms with Crippen molar-refractivity contribution < 1.29 is 4.79 Å². The molecule has 0 aliphatic carbocycles. The highest BCUT2D eigenvalue weighted by atomic mass is 16.1. The zero-order chi connectivity index (χ0) is 13.1. The number of nitrogen functional groups attached to an aromatic ring is 1. The summed E-state index contributed by atoms with van der Waals surface area (Å²) in [6.07, 6.45) is 1.51. The molecule has 1 aromatic heterocycles. The van der Waals surface area contributed by atoms with Crippen molar-refractivity contribution in [2.45, 2.75) is 13.8 Å². The molecule has 0 saturated heterocycles. The van der Waals surface area contributed by atoms with Crippen LogP contribution in [-0.2, 0) is 0 Å². The zero-order valence-electron chi connectivity index (χ0n) is 10.4. The Hall–Kier alpha value is -2.36. The molecule has 0 aliphatic rings. The number of aromatic nitrogens is 1. The van der Waals surface area contributed by atoms with Crippen LogP contribution in [0.25, 0.3) is 0 Å². The fourth-order valence-corrected chi connectivity index (χ4v) is 1.55. The molecule has 0 saturated carbocycles. The predicted molar refractivity (Wildman–Crippen MR) is 72.5 cm³/mol. The van der Waals surface area contributed by atoms with Crippen molar-refractivity contribution in [3.8, 4) is 0 Å². The third kappa shape index (κ3) is 2.66. The third-order valence-corrected chi connectivity index (χ3v) is 2.80. The molecule has 3 N–H and O–H groups in total. The minimum absolute atomic E-state index is 0.171. The molecule has 0 fully saturated rings. The quantitative estimate of drug-likeness (QED) is 0.849. The minimum atomic E-state index is -0.171. The van der Waals surface area contributed by atoms with Crippen LogP contribution in [-0.4, -0.2) is 10.9 Å². The van der Waals surface area contributed by atoms with E-state index in [-0.39, 0.29) is 5.91 Å². The Kier molecular flexibility index (Phi) is 3.28. The third-order valence-electron chi connectivity index (χ3n) is 2.80. The summed E-state index contributed by atoms with van der Waals surface area (Å²) >= 11 is 0. The molecular formula is C14H15N3O. The number of anilines is 2. The van der Waals surface area contributed by atoms with Crippen molar-refractivity contribution in [2.75, 3.05) is 11.1 Å². The average molecular weight is 241 g/mol. The number of amides is 1. The van der Waals surface area contributed by atoms with Gasteiger partial charge in [0.15, 0.2) is 0 Å². The molecule has 0 bridgehead atoms. The number of nitrogens with zero attached hydrogens (tertiary/aromatic N) is 1. The van der Waals surface area contributed by atoms with Crippen LogP contribution in [0.5, 0.6) is 0 Å². The van der Waals surface area contributed by atoms with E-state index in [1.165, 1.54) is 6.20 Å². The van der Waals surface area contributed by atoms with E-state index >= 15 is 0 Å². The monoisotopic (exact) mass is 241 g/mol. The van der Waals surface area contributed by atoms with Gasteiger partial charge in [0.2, 0.25) is 0 Å². The second-order valence-corrected chi connectivity index (χ2v) is 4.23. The van der Waals surface area contributed by atoms with E-state index in [0.29, 0.717) is 17.1 Å². The smallest absolute Gasteiger partial charge is 0.256 e. The number of hydrogen-bond acceptors (Lipinski definition) is 3. The molecule has 0 radical (unpaired) electrons. The van der Waals surface area contributed by atoms with Crippen molar-refractivity contribution in [1.82, 2.24) is 4.98 Å². The van der Waals surface area contributed by atoms with Gasteiger partial charge < -0.3 is 11.1 Å². The first-order chi connectivity index (χ1) is 8.56. The topological polar surface area (TPSA) is 68.0 Å². The van der Waals surface area contributed by atoms with E-state index in [2.05, 4.69) is 10.3 Å². The van der Waals surface area contributed by atoms with Crippen molar-refractivity contribution in [2.24, 2.45) is 0 Å². The lowest BCUT2D eigenvalue weighted by Crippen LogP contribution is -2.13. The molecule has 0 spiro atoms. The van der Waals surface area contributed by atoms with Gasteiger partial charge in [-0.25, -0.2) is 4.98 Å². The number of pyridine rings is 1. The molecule has 92 valence electrons. The van der Waals surface area contributed by atoms with Gasteiger partial charge in [0.05, 0.1) is 11.9 Å². The van der Waals surface area contributed by atoms with Gasteiger partial charge in [0.1, 0.15) is 5.82 Å². The van der Waals surface area contributed by atoms with Gasteiger partial charge in [0.25, 0.3) is 5.91 Å². The Morgan fingerprint density at radius 2 is 1.94 bits per heavy atom. The maximum Gasteiger partial charge on any atom is 0.256 e. The van der Waals surface area contributed by atoms with E-state index in [4.69, 9.17) is 5.73 Å². The number of aryl methyl sites for hydroxylation is 2. The Labute approximate surface area is 106 Å². The van der Waals surface area contributed by atoms with Crippen LogP contribution < -0.4 is 11.1 Å². The van der Waals surface area contributed by atoms with Crippen LogP contribution in [0.4, 0.5) is 11.5 Å². The lowest BCUT2D eigenvalue weighted by molar-refractivity contribution is 0.102. The molecule has 4 nitrogen and oxygen atoms in total. The second kappa shape index (κ2) is 4.87. The number of rotatable bonds is 2. The van der Waals surface area contributed by atoms with E-state index in [1.54, 1.807) is 18.2 Å². The SMILES string of the molecule is Cc1ccc(C(=O)Nc2ccc(N)cn2)cc1C. The van der Waals surface area contributed by atoms with E-state index < -0.39 is 0 Å². The molecule has 1 aromatic carbocycles. The number of hydrogen-bond donors (Lipinski definition) is 2. The van der Waals surface area contributed by atoms with Crippen LogP contribution in [0.15, 0.2) is 36.5 Å². The van der Waals surface area contributed by atoms with Crippen LogP contribution in [0, 0.1) is 13.8 Å². The molecule has 2 rings (SSSR count). The molecule has 1 amide bonds. The first-order valence-corrected chi connectivity index (χ1v) is 5.66. The molecule has 18 heavy (non-hydrogen) atoms. The number of carbonyl (C=O) groups excluding carboxylic acids is 1. The van der Waals surface area contributed by atoms with E-state index in [9.17, 15) is 4.79 Å². The first-order valence-electron chi connectivity index (χ1n) is 5.66. The maximum atomic E-state index is 12.0. The summed E-state index contributed by atoms with van der Waals surface area (Å²) in [7, 11) is 0. The summed E-state index contributed by atoms with van der Waals surface area (Å²) < 4.78 is 0. The lowest BCUT2D eigenvalue weighted by Gasteiger charge is -2.06. The first kappa shape index (κ1) is 12.1. The summed E-state index contributed by atoms with van der Waals surface area (Å²) in [5.74, 6) is 0.322. The van der Waals surface area contributed by atoms with Crippen molar-refractivity contribution in [3.63, 3.8) is 0 Å². The average Bonchev–Trinajstić information content (AvgIpc) is 2.35. The van der Waals surface area contributed by atoms with Gasteiger partial charge in [-0.3, -0.25) is 4.79 Å². The number of benzene rings is 1. The second-order valence-electron chi connectivity index (χ2n) is 4.23. The zero-order valence-corrected chi connectivity index (χ0v) is 10.4.